The van der Waals surface area contributed by atoms with E-state index < -0.39 is 23.8 Å². The molecular formula is C63H104N2O8. The molecule has 0 aromatic heterocycles. The number of likely N-dealkylation sites (tertiary alicyclic amines) is 1. The number of allylic oxidation sites excluding steroid dienone is 4. The fourth-order valence-electron chi connectivity index (χ4n) is 9.75. The minimum atomic E-state index is -0.981. The van der Waals surface area contributed by atoms with E-state index in [1.807, 2.05) is 24.3 Å². The number of carboxylic acid groups (broad SMARTS) is 2. The molecular weight excluding hydrogens is 913 g/mol. The Balaban J connectivity index is 0.000000479. The Morgan fingerprint density at radius 2 is 1.04 bits per heavy atom. The van der Waals surface area contributed by atoms with Crippen LogP contribution in [0.3, 0.4) is 0 Å². The molecule has 10 nitrogen and oxygen atoms in total. The number of ether oxygens (including phenoxy) is 2. The lowest BCUT2D eigenvalue weighted by Gasteiger charge is -2.37. The number of unbranched alkanes of at least 4 members (excludes halogenated alkanes) is 13. The van der Waals surface area contributed by atoms with Crippen molar-refractivity contribution in [2.45, 2.75) is 243 Å². The maximum absolute atomic E-state index is 11.8. The third-order valence-electron chi connectivity index (χ3n) is 14.6. The van der Waals surface area contributed by atoms with E-state index in [0.717, 1.165) is 68.1 Å². The Morgan fingerprint density at radius 3 is 1.52 bits per heavy atom. The van der Waals surface area contributed by atoms with E-state index in [9.17, 15) is 24.3 Å². The van der Waals surface area contributed by atoms with Crippen LogP contribution in [0.4, 0.5) is 0 Å². The first-order chi connectivity index (χ1) is 35.4. The van der Waals surface area contributed by atoms with Crippen molar-refractivity contribution in [1.29, 1.82) is 0 Å². The number of nitrogens with zero attached hydrogens (tertiary/aromatic N) is 2. The number of hydrogen-bond acceptors (Lipinski definition) is 8. The molecule has 3 aliphatic rings. The smallest absolute Gasteiger partial charge is 0.314 e. The summed E-state index contributed by atoms with van der Waals surface area (Å²) < 4.78 is 9.99. The summed E-state index contributed by atoms with van der Waals surface area (Å²) in [5.41, 5.74) is 1.42. The number of piperidine rings is 2. The first-order valence-corrected chi connectivity index (χ1v) is 28.8. The molecule has 3 aliphatic heterocycles. The monoisotopic (exact) mass is 1020 g/mol. The standard InChI is InChI=1S/C21H30O4.C14H26O.C10H21N.C10H12O3.C8H15N/c1-2-3-4-5-6-7-8-9-13-16-20(22)25-17-19(21(23)24)18-14-11-10-12-15-18;1-2-3-4-5-6-7-8-9-10-11-12-13-14-15;1-4-6-10-8-5-7-9(2)11(10)3;1-13-7-9(10(11)12)8-5-3-2-4-6-8;1-9-7-3-2-4-8(9)6-5-7/h7-8,10-12,14-15,19H,2-6,9,13,16-17H2,1H3,(H,23,24);5-6,14H,2-4,7-13H2,1H3;9-10H,4-8H2,1-3H3;2-6,9H,7H2,1H3,(H,11,12);7-8H,2-6H2,1H3/b8-7-;6-5-;;;. The van der Waals surface area contributed by atoms with Gasteiger partial charge >= 0.3 is 17.9 Å². The summed E-state index contributed by atoms with van der Waals surface area (Å²) in [5, 5.41) is 18.2. The van der Waals surface area contributed by atoms with Crippen LogP contribution in [-0.2, 0) is 28.7 Å². The molecule has 10 heteroatoms. The van der Waals surface area contributed by atoms with Crippen LogP contribution in [-0.4, -0.2) is 103 Å². The fourth-order valence-corrected chi connectivity index (χ4v) is 9.75. The number of methoxy groups -OCH3 is 1. The third-order valence-corrected chi connectivity index (χ3v) is 14.6. The molecule has 2 aromatic rings. The molecule has 3 heterocycles. The lowest BCUT2D eigenvalue weighted by atomic mass is 9.94. The molecule has 6 atom stereocenters. The number of esters is 1. The van der Waals surface area contributed by atoms with Crippen LogP contribution in [0.5, 0.6) is 0 Å². The fraction of sp³-hybridized carbons (Fsp3) is 0.683. The second kappa shape index (κ2) is 45.3. The van der Waals surface area contributed by atoms with Gasteiger partial charge in [0.15, 0.2) is 0 Å². The molecule has 2 N–H and O–H groups in total. The van der Waals surface area contributed by atoms with Gasteiger partial charge in [0, 0.05) is 44.1 Å². The van der Waals surface area contributed by atoms with Gasteiger partial charge in [-0.05, 0) is 128 Å². The molecule has 0 radical (unpaired) electrons. The summed E-state index contributed by atoms with van der Waals surface area (Å²) in [6.45, 7) is 9.15. The van der Waals surface area contributed by atoms with Crippen LogP contribution in [0.2, 0.25) is 0 Å². The molecule has 5 rings (SSSR count). The van der Waals surface area contributed by atoms with Gasteiger partial charge in [0.1, 0.15) is 24.7 Å². The van der Waals surface area contributed by atoms with Crippen molar-refractivity contribution < 1.29 is 38.9 Å². The summed E-state index contributed by atoms with van der Waals surface area (Å²) in [7, 11) is 6.07. The number of aldehydes is 1. The van der Waals surface area contributed by atoms with Crippen LogP contribution in [0.1, 0.15) is 230 Å². The van der Waals surface area contributed by atoms with Gasteiger partial charge in [-0.2, -0.15) is 0 Å². The lowest BCUT2D eigenvalue weighted by Crippen LogP contribution is -2.42. The van der Waals surface area contributed by atoms with E-state index in [0.29, 0.717) is 12.0 Å². The number of benzene rings is 2. The molecule has 3 fully saturated rings. The Bertz CT molecular complexity index is 1690. The number of aliphatic carboxylic acids is 2. The Kier molecular flexibility index (Phi) is 41.5. The molecule has 0 saturated carbocycles. The van der Waals surface area contributed by atoms with Gasteiger partial charge in [0.05, 0.1) is 6.61 Å². The molecule has 2 aromatic carbocycles. The largest absolute Gasteiger partial charge is 0.481 e. The number of fused-ring (bicyclic) bond motifs is 2. The second-order valence-corrected chi connectivity index (χ2v) is 20.4. The summed E-state index contributed by atoms with van der Waals surface area (Å²) in [6, 6.07) is 21.6. The predicted molar refractivity (Wildman–Crippen MR) is 303 cm³/mol. The van der Waals surface area contributed by atoms with Crippen molar-refractivity contribution in [2.75, 3.05) is 34.4 Å². The molecule has 2 bridgehead atoms. The SMILES string of the molecule is CCCC/C=C\CCCCCCCC=O.CCCC1CCCC(C)N1C.CCCCCC/C=C\CCCC(=O)OCC(C(=O)O)c1ccccc1.CN1C2CCCC1CC2.COCC(C(=O)O)c1ccccc1. The number of carbonyl (C=O) groups excluding carboxylic acids is 2. The summed E-state index contributed by atoms with van der Waals surface area (Å²) >= 11 is 0. The summed E-state index contributed by atoms with van der Waals surface area (Å²) in [5.74, 6) is -3.55. The van der Waals surface area contributed by atoms with Crippen molar-refractivity contribution in [3.63, 3.8) is 0 Å². The quantitative estimate of drug-likeness (QED) is 0.0337. The van der Waals surface area contributed by atoms with Gasteiger partial charge in [0.25, 0.3) is 0 Å². The molecule has 73 heavy (non-hydrogen) atoms. The Labute approximate surface area is 445 Å². The number of carboxylic acids is 2. The average molecular weight is 1020 g/mol. The van der Waals surface area contributed by atoms with Gasteiger partial charge in [-0.1, -0.05) is 176 Å². The minimum Gasteiger partial charge on any atom is -0.481 e. The third kappa shape index (κ3) is 32.7. The normalized spacial score (nSPS) is 19.2. The highest BCUT2D eigenvalue weighted by atomic mass is 16.5. The van der Waals surface area contributed by atoms with E-state index >= 15 is 0 Å². The molecule has 0 aliphatic carbocycles. The highest BCUT2D eigenvalue weighted by Crippen LogP contribution is 2.33. The zero-order valence-corrected chi connectivity index (χ0v) is 47.1. The van der Waals surface area contributed by atoms with Gasteiger partial charge in [-0.3, -0.25) is 14.4 Å². The second-order valence-electron chi connectivity index (χ2n) is 20.4. The zero-order chi connectivity index (χ0) is 53.7. The van der Waals surface area contributed by atoms with Crippen LogP contribution < -0.4 is 0 Å². The molecule has 414 valence electrons. The summed E-state index contributed by atoms with van der Waals surface area (Å²) in [4.78, 5) is 49.1. The maximum atomic E-state index is 11.8. The van der Waals surface area contributed by atoms with E-state index in [1.165, 1.54) is 148 Å². The zero-order valence-electron chi connectivity index (χ0n) is 47.1. The van der Waals surface area contributed by atoms with Crippen LogP contribution in [0.25, 0.3) is 0 Å². The lowest BCUT2D eigenvalue weighted by molar-refractivity contribution is -0.148. The van der Waals surface area contributed by atoms with Crippen molar-refractivity contribution in [2.24, 2.45) is 0 Å². The Hall–Kier alpha value is -4.12. The van der Waals surface area contributed by atoms with Crippen molar-refractivity contribution in [3.05, 3.63) is 96.1 Å². The van der Waals surface area contributed by atoms with Crippen molar-refractivity contribution in [3.8, 4) is 0 Å². The van der Waals surface area contributed by atoms with E-state index in [1.54, 1.807) is 36.4 Å². The Morgan fingerprint density at radius 1 is 0.575 bits per heavy atom. The first-order valence-electron chi connectivity index (χ1n) is 28.8. The number of rotatable bonds is 30. The van der Waals surface area contributed by atoms with E-state index in [2.05, 4.69) is 75.9 Å². The van der Waals surface area contributed by atoms with Gasteiger partial charge in [-0.25, -0.2) is 0 Å². The molecule has 0 amide bonds. The highest BCUT2D eigenvalue weighted by Gasteiger charge is 2.33. The number of hydrogen-bond donors (Lipinski definition) is 2. The van der Waals surface area contributed by atoms with Crippen LogP contribution in [0.15, 0.2) is 85.0 Å². The van der Waals surface area contributed by atoms with E-state index in [4.69, 9.17) is 14.6 Å². The predicted octanol–water partition coefficient (Wildman–Crippen LogP) is 15.6. The molecule has 0 spiro atoms. The highest BCUT2D eigenvalue weighted by molar-refractivity contribution is 5.77. The van der Waals surface area contributed by atoms with Gasteiger partial charge < -0.3 is 34.3 Å². The molecule has 3 saturated heterocycles. The average Bonchev–Trinajstić information content (AvgIpc) is 3.55. The van der Waals surface area contributed by atoms with Crippen LogP contribution >= 0.6 is 0 Å². The van der Waals surface area contributed by atoms with Gasteiger partial charge in [-0.15, -0.1) is 0 Å². The molecule has 6 unspecified atom stereocenters. The maximum Gasteiger partial charge on any atom is 0.314 e. The van der Waals surface area contributed by atoms with Crippen molar-refractivity contribution in [1.82, 2.24) is 9.80 Å². The van der Waals surface area contributed by atoms with Gasteiger partial charge in [0.2, 0.25) is 0 Å². The van der Waals surface area contributed by atoms with Crippen LogP contribution in [0, 0.1) is 0 Å². The summed E-state index contributed by atoms with van der Waals surface area (Å²) in [6.07, 6.45) is 44.4. The van der Waals surface area contributed by atoms with Crippen molar-refractivity contribution >= 4 is 24.2 Å². The van der Waals surface area contributed by atoms with E-state index in [-0.39, 0.29) is 19.2 Å². The topological polar surface area (TPSA) is 134 Å². The first kappa shape index (κ1) is 66.9. The minimum absolute atomic E-state index is 0.120. The number of carbonyl (C=O) groups is 4.